The maximum atomic E-state index is 12.6. The molecule has 2 aromatic rings. The maximum absolute atomic E-state index is 12.6. The molecular formula is C46H64N12O12Si2. The van der Waals surface area contributed by atoms with Crippen molar-refractivity contribution in [2.75, 3.05) is 0 Å². The number of ketones is 2. The van der Waals surface area contributed by atoms with E-state index < -0.39 is 87.7 Å². The molecule has 0 spiro atoms. The van der Waals surface area contributed by atoms with E-state index in [0.29, 0.717) is 22.5 Å². The molecule has 2 heterocycles. The summed E-state index contributed by atoms with van der Waals surface area (Å²) in [6.07, 6.45) is -1.44. The molecule has 0 radical (unpaired) electrons. The summed E-state index contributed by atoms with van der Waals surface area (Å²) in [5.41, 5.74) is 35.0. The van der Waals surface area contributed by atoms with Crippen molar-refractivity contribution in [3.63, 3.8) is 0 Å². The topological polar surface area (TPSA) is 360 Å². The van der Waals surface area contributed by atoms with Gasteiger partial charge in [0.15, 0.2) is 22.9 Å². The average molecular weight is 1030 g/mol. The minimum Gasteiger partial charge on any atom is -0.452 e. The van der Waals surface area contributed by atoms with Gasteiger partial charge in [0.05, 0.1) is 24.2 Å². The number of Topliss-reactive ketones (excluding diaryl/α,β-unsaturated/α-hetero) is 2. The van der Waals surface area contributed by atoms with Gasteiger partial charge < -0.3 is 44.8 Å². The van der Waals surface area contributed by atoms with Crippen molar-refractivity contribution < 1.29 is 66.2 Å². The summed E-state index contributed by atoms with van der Waals surface area (Å²) in [6.45, 7) is 27.0. The van der Waals surface area contributed by atoms with Crippen LogP contribution in [0.15, 0.2) is 58.8 Å². The molecule has 2 fully saturated rings. The zero-order chi connectivity index (χ0) is 54.9. The Balaban J connectivity index is 0.000000399. The molecule has 26 heteroatoms. The molecule has 2 N–H and O–H groups in total. The summed E-state index contributed by atoms with van der Waals surface area (Å²) < 4.78 is 27.4. The van der Waals surface area contributed by atoms with Crippen LogP contribution in [0, 0.1) is 11.8 Å². The molecule has 24 nitrogen and oxygen atoms in total. The third-order valence-electron chi connectivity index (χ3n) is 12.4. The van der Waals surface area contributed by atoms with Crippen LogP contribution in [0.4, 0.5) is 11.4 Å². The van der Waals surface area contributed by atoms with Gasteiger partial charge in [0.25, 0.3) is 5.78 Å². The fourth-order valence-corrected chi connectivity index (χ4v) is 9.19. The third-order valence-corrected chi connectivity index (χ3v) is 21.5. The predicted molar refractivity (Wildman–Crippen MR) is 266 cm³/mol. The van der Waals surface area contributed by atoms with Gasteiger partial charge in [0, 0.05) is 41.5 Å². The van der Waals surface area contributed by atoms with Crippen LogP contribution in [-0.4, -0.2) is 103 Å². The normalized spacial score (nSPS) is 17.8. The SMILES string of the molecule is CC(=O)C(=[N+]=[N-])C(=O)OCc1ccc(N=[N+]=[N-])cc1.CC(=O)O[C@H]1NC(=O)[C@@H]1[C@@H](C)O[Si](C)(C)C(C)(C)C.C[C@@H](O[Si](C)(C)C(C)(C)C)[C@H]1C(=O)N[C@@H]1CC(=O)C(=[N+]=[N-])C(=O)OCc1ccc(N=[N+]=[N-])cc1. The summed E-state index contributed by atoms with van der Waals surface area (Å²) in [5, 5.41) is 12.1. The number of carbonyl (C=O) groups excluding carboxylic acids is 7. The summed E-state index contributed by atoms with van der Waals surface area (Å²) in [5.74, 6) is -5.22. The molecule has 72 heavy (non-hydrogen) atoms. The largest absolute Gasteiger partial charge is 0.452 e. The van der Waals surface area contributed by atoms with E-state index in [9.17, 15) is 39.1 Å². The van der Waals surface area contributed by atoms with Crippen LogP contribution in [0.25, 0.3) is 31.9 Å². The second kappa shape index (κ2) is 26.4. The zero-order valence-corrected chi connectivity index (χ0v) is 45.1. The first-order chi connectivity index (χ1) is 33.3. The quantitative estimate of drug-likeness (QED) is 0.0157. The van der Waals surface area contributed by atoms with Gasteiger partial charge in [-0.05, 0) is 72.3 Å². The first-order valence-electron chi connectivity index (χ1n) is 22.6. The molecular weight excluding hydrogens is 969 g/mol. The summed E-state index contributed by atoms with van der Waals surface area (Å²) in [7, 11) is -4.07. The number of hydrogen-bond donors (Lipinski definition) is 2. The van der Waals surface area contributed by atoms with Gasteiger partial charge >= 0.3 is 29.3 Å². The number of azide groups is 2. The number of rotatable bonds is 19. The van der Waals surface area contributed by atoms with E-state index in [2.05, 4.69) is 108 Å². The molecule has 2 aromatic carbocycles. The highest BCUT2D eigenvalue weighted by Gasteiger charge is 2.50. The molecule has 388 valence electrons. The lowest BCUT2D eigenvalue weighted by atomic mass is 9.82. The number of hydrogen-bond acceptors (Lipinski definition) is 14. The third kappa shape index (κ3) is 17.6. The van der Waals surface area contributed by atoms with E-state index >= 15 is 0 Å². The van der Waals surface area contributed by atoms with Gasteiger partial charge in [-0.1, -0.05) is 100 Å². The van der Waals surface area contributed by atoms with Crippen molar-refractivity contribution in [3.8, 4) is 0 Å². The summed E-state index contributed by atoms with van der Waals surface area (Å²) in [6, 6.07) is 12.0. The Morgan fingerprint density at radius 1 is 0.639 bits per heavy atom. The Labute approximate surface area is 419 Å². The fourth-order valence-electron chi connectivity index (χ4n) is 6.33. The van der Waals surface area contributed by atoms with Gasteiger partial charge in [-0.2, -0.15) is 9.58 Å². The highest BCUT2D eigenvalue weighted by atomic mass is 28.4. The molecule has 0 aliphatic carbocycles. The first-order valence-corrected chi connectivity index (χ1v) is 28.4. The number of nitrogens with zero attached hydrogens (tertiary/aromatic N) is 10. The van der Waals surface area contributed by atoms with Crippen molar-refractivity contribution in [3.05, 3.63) is 91.6 Å². The molecule has 0 unspecified atom stereocenters. The van der Waals surface area contributed by atoms with Crippen molar-refractivity contribution in [2.45, 2.75) is 150 Å². The van der Waals surface area contributed by atoms with Gasteiger partial charge in [-0.15, -0.1) is 0 Å². The average Bonchev–Trinajstić information content (AvgIpc) is 3.25. The lowest BCUT2D eigenvalue weighted by Crippen LogP contribution is -2.65. The van der Waals surface area contributed by atoms with Gasteiger partial charge in [-0.3, -0.25) is 24.0 Å². The van der Waals surface area contributed by atoms with Gasteiger partial charge in [-0.25, -0.2) is 9.59 Å². The number of carbonyl (C=O) groups is 7. The second-order valence-corrected chi connectivity index (χ2v) is 29.3. The minimum absolute atomic E-state index is 0.0451. The molecule has 0 bridgehead atoms. The van der Waals surface area contributed by atoms with E-state index in [1.807, 2.05) is 13.8 Å². The number of benzene rings is 2. The van der Waals surface area contributed by atoms with Crippen LogP contribution in [0.5, 0.6) is 0 Å². The van der Waals surface area contributed by atoms with Crippen molar-refractivity contribution in [2.24, 2.45) is 22.1 Å². The second-order valence-electron chi connectivity index (χ2n) is 19.8. The van der Waals surface area contributed by atoms with Crippen LogP contribution in [0.2, 0.25) is 36.3 Å². The zero-order valence-electron chi connectivity index (χ0n) is 43.1. The molecule has 2 saturated heterocycles. The maximum Gasteiger partial charge on any atom is 0.441 e. The van der Waals surface area contributed by atoms with Crippen LogP contribution >= 0.6 is 0 Å². The fraction of sp³-hybridized carbons (Fsp3) is 0.543. The highest BCUT2D eigenvalue weighted by Crippen LogP contribution is 2.40. The molecule has 6 atom stereocenters. The first kappa shape index (κ1) is 61.0. The van der Waals surface area contributed by atoms with Crippen molar-refractivity contribution in [1.82, 2.24) is 10.6 Å². The Hall–Kier alpha value is -7.14. The smallest absolute Gasteiger partial charge is 0.441 e. The number of ether oxygens (including phenoxy) is 3. The Kier molecular flexibility index (Phi) is 22.3. The lowest BCUT2D eigenvalue weighted by molar-refractivity contribution is -0.173. The molecule has 0 saturated carbocycles. The van der Waals surface area contributed by atoms with Crippen LogP contribution < -0.4 is 10.6 Å². The van der Waals surface area contributed by atoms with E-state index in [4.69, 9.17) is 39.7 Å². The van der Waals surface area contributed by atoms with E-state index in [1.165, 1.54) is 6.92 Å². The van der Waals surface area contributed by atoms with Crippen molar-refractivity contribution >= 4 is 80.7 Å². The standard InChI is InChI=1S/C22H30N6O5Si.C13H25NO4Si.C11H9N5O3/c1-13(33-34(5,6)22(2,3)4)18-16(25-20(18)30)11-17(29)19(26-23)21(31)32-12-14-7-9-15(10-8-14)27-28-24;1-8(18-19(6,7)13(3,4)5)10-11(16)14-12(10)17-9(2)15;1-7(17)10(14-12)11(18)19-6-8-2-4-9(5-3-8)15-16-13/h7-10,13,16,18H,11-12H2,1-6H3,(H,25,30);8,10,12H,1-7H3,(H,14,16);2-5H,6H2,1H3/t13-,16-,18-;8-,10+,12-;/m11./s1. The lowest BCUT2D eigenvalue weighted by Gasteiger charge is -2.45. The Morgan fingerprint density at radius 3 is 1.36 bits per heavy atom. The minimum atomic E-state index is -2.14. The van der Waals surface area contributed by atoms with Crippen LogP contribution in [-0.2, 0) is 69.8 Å². The number of amides is 2. The van der Waals surface area contributed by atoms with E-state index in [-0.39, 0.29) is 47.6 Å². The number of nitrogens with one attached hydrogen (secondary N) is 2. The predicted octanol–water partition coefficient (Wildman–Crippen LogP) is 7.79. The monoisotopic (exact) mass is 1030 g/mol. The van der Waals surface area contributed by atoms with E-state index in [0.717, 1.165) is 6.92 Å². The molecule has 2 aliphatic rings. The van der Waals surface area contributed by atoms with Crippen LogP contribution in [0.1, 0.15) is 86.8 Å². The van der Waals surface area contributed by atoms with Crippen LogP contribution in [0.3, 0.4) is 0 Å². The van der Waals surface area contributed by atoms with Gasteiger partial charge in [0.2, 0.25) is 17.6 Å². The number of β-lactam (4-membered cyclic amide) rings is 2. The molecule has 0 aromatic heterocycles. The summed E-state index contributed by atoms with van der Waals surface area (Å²) in [4.78, 5) is 92.7. The van der Waals surface area contributed by atoms with Crippen molar-refractivity contribution in [1.29, 1.82) is 0 Å². The highest BCUT2D eigenvalue weighted by molar-refractivity contribution is 6.74. The number of esters is 3. The van der Waals surface area contributed by atoms with E-state index in [1.54, 1.807) is 48.5 Å². The Bertz CT molecular complexity index is 2550. The molecule has 2 aliphatic heterocycles. The molecule has 2 amide bonds. The summed E-state index contributed by atoms with van der Waals surface area (Å²) >= 11 is 0. The Morgan fingerprint density at radius 2 is 1.03 bits per heavy atom. The van der Waals surface area contributed by atoms with Gasteiger partial charge in [0.1, 0.15) is 19.1 Å². The molecule has 4 rings (SSSR count).